The third-order valence-corrected chi connectivity index (χ3v) is 3.69. The van der Waals surface area contributed by atoms with Gasteiger partial charge >= 0.3 is 0 Å². The molecule has 1 unspecified atom stereocenters. The molecule has 0 heteroatoms. The zero-order valence-electron chi connectivity index (χ0n) is 11.6. The second-order valence-electron chi connectivity index (χ2n) is 5.15. The molecule has 0 radical (unpaired) electrons. The maximum atomic E-state index is 2.31. The lowest BCUT2D eigenvalue weighted by Crippen LogP contribution is -2.04. The van der Waals surface area contributed by atoms with Crippen molar-refractivity contribution in [1.82, 2.24) is 0 Å². The Hall–Kier alpha value is -1.56. The maximum Gasteiger partial charge on any atom is -0.0121 e. The Kier molecular flexibility index (Phi) is 4.19. The Labute approximate surface area is 111 Å². The zero-order valence-corrected chi connectivity index (χ0v) is 11.6. The van der Waals surface area contributed by atoms with Crippen LogP contribution in [0.15, 0.2) is 48.5 Å². The quantitative estimate of drug-likeness (QED) is 0.700. The van der Waals surface area contributed by atoms with Crippen molar-refractivity contribution in [3.63, 3.8) is 0 Å². The van der Waals surface area contributed by atoms with Crippen LogP contribution >= 0.6 is 0 Å². The van der Waals surface area contributed by atoms with Crippen LogP contribution in [0.4, 0.5) is 0 Å². The van der Waals surface area contributed by atoms with E-state index in [0.29, 0.717) is 5.92 Å². The molecule has 0 fully saturated rings. The number of hydrogen-bond donors (Lipinski definition) is 0. The minimum atomic E-state index is 0.632. The van der Waals surface area contributed by atoms with Crippen LogP contribution in [0.25, 0.3) is 0 Å². The van der Waals surface area contributed by atoms with E-state index >= 15 is 0 Å². The zero-order chi connectivity index (χ0) is 13.0. The van der Waals surface area contributed by atoms with Gasteiger partial charge in [0.2, 0.25) is 0 Å². The van der Waals surface area contributed by atoms with Gasteiger partial charge in [0.05, 0.1) is 0 Å². The van der Waals surface area contributed by atoms with Gasteiger partial charge < -0.3 is 0 Å². The van der Waals surface area contributed by atoms with Gasteiger partial charge in [-0.3, -0.25) is 0 Å². The van der Waals surface area contributed by atoms with Crippen LogP contribution < -0.4 is 0 Å². The molecule has 0 aromatic heterocycles. The molecule has 0 nitrogen and oxygen atoms in total. The predicted octanol–water partition coefficient (Wildman–Crippen LogP) is 5.04. The minimum Gasteiger partial charge on any atom is -0.0648 e. The molecule has 0 amide bonds. The topological polar surface area (TPSA) is 0 Å². The Balaban J connectivity index is 2.23. The van der Waals surface area contributed by atoms with E-state index in [9.17, 15) is 0 Å². The predicted molar refractivity (Wildman–Crippen MR) is 79.1 cm³/mol. The molecular formula is C18H22. The normalized spacial score (nSPS) is 12.4. The van der Waals surface area contributed by atoms with Gasteiger partial charge in [0.25, 0.3) is 0 Å². The van der Waals surface area contributed by atoms with Crippen molar-refractivity contribution in [1.29, 1.82) is 0 Å². The van der Waals surface area contributed by atoms with Crippen LogP contribution in [0, 0.1) is 13.8 Å². The molecular weight excluding hydrogens is 216 g/mol. The van der Waals surface area contributed by atoms with Crippen molar-refractivity contribution in [3.8, 4) is 0 Å². The van der Waals surface area contributed by atoms with Gasteiger partial charge in [-0.1, -0.05) is 61.0 Å². The van der Waals surface area contributed by atoms with Gasteiger partial charge in [-0.05, 0) is 49.3 Å². The molecule has 2 aromatic carbocycles. The number of benzene rings is 2. The van der Waals surface area contributed by atoms with Crippen molar-refractivity contribution >= 4 is 0 Å². The van der Waals surface area contributed by atoms with Crippen LogP contribution in [0.3, 0.4) is 0 Å². The van der Waals surface area contributed by atoms with Gasteiger partial charge in [-0.2, -0.15) is 0 Å². The first-order chi connectivity index (χ1) is 8.70. The van der Waals surface area contributed by atoms with E-state index in [4.69, 9.17) is 0 Å². The van der Waals surface area contributed by atoms with Gasteiger partial charge in [0.15, 0.2) is 0 Å². The van der Waals surface area contributed by atoms with Gasteiger partial charge in [-0.15, -0.1) is 0 Å². The molecule has 1 atom stereocenters. The minimum absolute atomic E-state index is 0.632. The van der Waals surface area contributed by atoms with E-state index in [-0.39, 0.29) is 0 Å². The summed E-state index contributed by atoms with van der Waals surface area (Å²) >= 11 is 0. The van der Waals surface area contributed by atoms with E-state index < -0.39 is 0 Å². The van der Waals surface area contributed by atoms with Crippen molar-refractivity contribution in [2.24, 2.45) is 0 Å². The second kappa shape index (κ2) is 5.86. The first-order valence-corrected chi connectivity index (χ1v) is 6.81. The molecule has 0 aliphatic rings. The average Bonchev–Trinajstić information content (AvgIpc) is 2.37. The smallest absolute Gasteiger partial charge is 0.0121 e. The summed E-state index contributed by atoms with van der Waals surface area (Å²) in [5.74, 6) is 0.632. The number of rotatable bonds is 4. The summed E-state index contributed by atoms with van der Waals surface area (Å²) in [6.07, 6.45) is 2.34. The fraction of sp³-hybridized carbons (Fsp3) is 0.333. The SMILES string of the molecule is CCC(Cc1cccc(C)c1)c1ccccc1C. The molecule has 0 spiro atoms. The first kappa shape index (κ1) is 12.9. The highest BCUT2D eigenvalue weighted by molar-refractivity contribution is 5.32. The summed E-state index contributed by atoms with van der Waals surface area (Å²) in [5.41, 5.74) is 5.72. The summed E-state index contributed by atoms with van der Waals surface area (Å²) < 4.78 is 0. The monoisotopic (exact) mass is 238 g/mol. The Morgan fingerprint density at radius 1 is 0.944 bits per heavy atom. The molecule has 0 heterocycles. The van der Waals surface area contributed by atoms with Gasteiger partial charge in [-0.25, -0.2) is 0 Å². The summed E-state index contributed by atoms with van der Waals surface area (Å²) in [4.78, 5) is 0. The molecule has 0 bridgehead atoms. The van der Waals surface area contributed by atoms with Crippen molar-refractivity contribution in [2.45, 2.75) is 39.5 Å². The van der Waals surface area contributed by atoms with Crippen molar-refractivity contribution in [3.05, 3.63) is 70.8 Å². The Morgan fingerprint density at radius 3 is 2.39 bits per heavy atom. The Morgan fingerprint density at radius 2 is 1.72 bits per heavy atom. The third-order valence-electron chi connectivity index (χ3n) is 3.69. The molecule has 0 N–H and O–H groups in total. The van der Waals surface area contributed by atoms with Crippen LogP contribution in [0.5, 0.6) is 0 Å². The van der Waals surface area contributed by atoms with E-state index in [1.165, 1.54) is 28.7 Å². The fourth-order valence-electron chi connectivity index (χ4n) is 2.64. The standard InChI is InChI=1S/C18H22/c1-4-17(18-11-6-5-9-15(18)3)13-16-10-7-8-14(2)12-16/h5-12,17H,4,13H2,1-3H3. The first-order valence-electron chi connectivity index (χ1n) is 6.81. The summed E-state index contributed by atoms with van der Waals surface area (Å²) in [6, 6.07) is 17.6. The summed E-state index contributed by atoms with van der Waals surface area (Å²) in [5, 5.41) is 0. The number of aryl methyl sites for hydroxylation is 2. The molecule has 0 aliphatic heterocycles. The molecule has 0 aliphatic carbocycles. The summed E-state index contributed by atoms with van der Waals surface area (Å²) in [7, 11) is 0. The maximum absolute atomic E-state index is 2.31. The Bertz CT molecular complexity index is 511. The van der Waals surface area contributed by atoms with Crippen LogP contribution in [-0.4, -0.2) is 0 Å². The van der Waals surface area contributed by atoms with Crippen molar-refractivity contribution in [2.75, 3.05) is 0 Å². The lowest BCUT2D eigenvalue weighted by Gasteiger charge is -2.18. The molecule has 2 rings (SSSR count). The highest BCUT2D eigenvalue weighted by Crippen LogP contribution is 2.26. The van der Waals surface area contributed by atoms with Crippen LogP contribution in [0.2, 0.25) is 0 Å². The molecule has 94 valence electrons. The second-order valence-corrected chi connectivity index (χ2v) is 5.15. The van der Waals surface area contributed by atoms with E-state index in [1.54, 1.807) is 0 Å². The number of hydrogen-bond acceptors (Lipinski definition) is 0. The molecule has 0 saturated heterocycles. The average molecular weight is 238 g/mol. The van der Waals surface area contributed by atoms with Crippen LogP contribution in [-0.2, 0) is 6.42 Å². The van der Waals surface area contributed by atoms with Gasteiger partial charge in [0.1, 0.15) is 0 Å². The van der Waals surface area contributed by atoms with E-state index in [1.807, 2.05) is 0 Å². The van der Waals surface area contributed by atoms with Crippen molar-refractivity contribution < 1.29 is 0 Å². The largest absolute Gasteiger partial charge is 0.0648 e. The van der Waals surface area contributed by atoms with E-state index in [2.05, 4.69) is 69.3 Å². The molecule has 18 heavy (non-hydrogen) atoms. The lowest BCUT2D eigenvalue weighted by molar-refractivity contribution is 0.656. The van der Waals surface area contributed by atoms with Gasteiger partial charge in [0, 0.05) is 0 Å². The van der Waals surface area contributed by atoms with E-state index in [0.717, 1.165) is 6.42 Å². The van der Waals surface area contributed by atoms with Crippen LogP contribution in [0.1, 0.15) is 41.5 Å². The highest BCUT2D eigenvalue weighted by Gasteiger charge is 2.12. The fourth-order valence-corrected chi connectivity index (χ4v) is 2.64. The molecule has 2 aromatic rings. The summed E-state index contributed by atoms with van der Waals surface area (Å²) in [6.45, 7) is 6.67. The third kappa shape index (κ3) is 3.01. The molecule has 0 saturated carbocycles. The highest BCUT2D eigenvalue weighted by atomic mass is 14.2. The lowest BCUT2D eigenvalue weighted by atomic mass is 9.87.